The molecule has 6 nitrogen and oxygen atoms in total. The molecule has 4 N–H and O–H groups in total. The lowest BCUT2D eigenvalue weighted by Gasteiger charge is -2.20. The Labute approximate surface area is 149 Å². The zero-order chi connectivity index (χ0) is 17.0. The Morgan fingerprint density at radius 1 is 1.33 bits per heavy atom. The molecule has 0 saturated heterocycles. The number of carbonyl (C=O) groups is 2. The summed E-state index contributed by atoms with van der Waals surface area (Å²) in [6, 6.07) is 5.03. The molecule has 134 valence electrons. The molecular formula is C17H27ClN4O2. The van der Waals surface area contributed by atoms with Gasteiger partial charge in [0, 0.05) is 18.8 Å². The van der Waals surface area contributed by atoms with E-state index in [1.54, 1.807) is 4.90 Å². The van der Waals surface area contributed by atoms with Crippen molar-refractivity contribution >= 4 is 35.7 Å². The molecule has 0 fully saturated rings. The molecule has 0 aliphatic carbocycles. The van der Waals surface area contributed by atoms with Gasteiger partial charge in [-0.15, -0.1) is 12.4 Å². The Hall–Kier alpha value is -1.79. The average Bonchev–Trinajstić information content (AvgIpc) is 2.96. The number of amides is 3. The minimum Gasteiger partial charge on any atom is -0.338 e. The van der Waals surface area contributed by atoms with Gasteiger partial charge in [0.1, 0.15) is 0 Å². The Balaban J connectivity index is 0.00000288. The van der Waals surface area contributed by atoms with Crippen molar-refractivity contribution in [2.24, 2.45) is 11.7 Å². The van der Waals surface area contributed by atoms with Crippen molar-refractivity contribution in [2.45, 2.75) is 39.7 Å². The summed E-state index contributed by atoms with van der Waals surface area (Å²) >= 11 is 0. The number of carbonyl (C=O) groups excluding carboxylic acids is 2. The van der Waals surface area contributed by atoms with Crippen LogP contribution in [0.15, 0.2) is 18.2 Å². The van der Waals surface area contributed by atoms with E-state index in [9.17, 15) is 9.59 Å². The summed E-state index contributed by atoms with van der Waals surface area (Å²) in [6.45, 7) is 7.11. The summed E-state index contributed by atoms with van der Waals surface area (Å²) in [4.78, 5) is 26.0. The van der Waals surface area contributed by atoms with Crippen LogP contribution in [0.3, 0.4) is 0 Å². The van der Waals surface area contributed by atoms with Crippen LogP contribution in [-0.2, 0) is 11.2 Å². The number of halogens is 1. The second-order valence-corrected chi connectivity index (χ2v) is 5.98. The number of urea groups is 1. The number of fused-ring (bicyclic) bond motifs is 1. The predicted molar refractivity (Wildman–Crippen MR) is 99.9 cm³/mol. The number of nitrogens with zero attached hydrogens (tertiary/aromatic N) is 1. The molecular weight excluding hydrogens is 328 g/mol. The van der Waals surface area contributed by atoms with Crippen LogP contribution >= 0.6 is 12.4 Å². The fraction of sp³-hybridized carbons (Fsp3) is 0.529. The number of rotatable bonds is 5. The highest BCUT2D eigenvalue weighted by molar-refractivity contribution is 5.98. The van der Waals surface area contributed by atoms with Crippen molar-refractivity contribution in [1.82, 2.24) is 5.32 Å². The van der Waals surface area contributed by atoms with Gasteiger partial charge in [-0.05, 0) is 37.0 Å². The molecule has 1 aromatic carbocycles. The molecule has 1 aliphatic rings. The summed E-state index contributed by atoms with van der Waals surface area (Å²) in [5.74, 6) is -0.0712. The third kappa shape index (κ3) is 4.39. The SMILES string of the molecule is CCNC(=O)N1CCc2ccc(NC(=O)C(N)C(C)CC)cc21.Cl. The summed E-state index contributed by atoms with van der Waals surface area (Å²) in [6.07, 6.45) is 1.68. The van der Waals surface area contributed by atoms with Crippen molar-refractivity contribution in [1.29, 1.82) is 0 Å². The van der Waals surface area contributed by atoms with E-state index in [1.807, 2.05) is 39.0 Å². The van der Waals surface area contributed by atoms with E-state index < -0.39 is 6.04 Å². The molecule has 1 heterocycles. The molecule has 2 atom stereocenters. The van der Waals surface area contributed by atoms with E-state index >= 15 is 0 Å². The fourth-order valence-electron chi connectivity index (χ4n) is 2.65. The van der Waals surface area contributed by atoms with E-state index in [1.165, 1.54) is 0 Å². The number of benzene rings is 1. The number of hydrogen-bond donors (Lipinski definition) is 3. The maximum atomic E-state index is 12.2. The first-order valence-electron chi connectivity index (χ1n) is 8.22. The van der Waals surface area contributed by atoms with Gasteiger partial charge in [-0.3, -0.25) is 9.69 Å². The van der Waals surface area contributed by atoms with Crippen LogP contribution in [0.5, 0.6) is 0 Å². The van der Waals surface area contributed by atoms with Crippen molar-refractivity contribution < 1.29 is 9.59 Å². The lowest BCUT2D eigenvalue weighted by molar-refractivity contribution is -0.118. The normalized spacial score (nSPS) is 15.1. The standard InChI is InChI=1S/C17H26N4O2.ClH/c1-4-11(3)15(18)16(22)20-13-7-6-12-8-9-21(14(12)10-13)17(23)19-5-2;/h6-7,10-11,15H,4-5,8-9,18H2,1-3H3,(H,19,23)(H,20,22);1H. The fourth-order valence-corrected chi connectivity index (χ4v) is 2.65. The summed E-state index contributed by atoms with van der Waals surface area (Å²) in [7, 11) is 0. The number of nitrogens with one attached hydrogen (secondary N) is 2. The first-order valence-corrected chi connectivity index (χ1v) is 8.22. The van der Waals surface area contributed by atoms with Gasteiger partial charge in [-0.25, -0.2) is 4.79 Å². The van der Waals surface area contributed by atoms with Gasteiger partial charge >= 0.3 is 6.03 Å². The highest BCUT2D eigenvalue weighted by Gasteiger charge is 2.25. The number of hydrogen-bond acceptors (Lipinski definition) is 3. The van der Waals surface area contributed by atoms with Crippen molar-refractivity contribution in [3.63, 3.8) is 0 Å². The topological polar surface area (TPSA) is 87.5 Å². The lowest BCUT2D eigenvalue weighted by Crippen LogP contribution is -2.40. The molecule has 0 bridgehead atoms. The van der Waals surface area contributed by atoms with E-state index in [0.717, 1.165) is 24.1 Å². The van der Waals surface area contributed by atoms with E-state index in [-0.39, 0.29) is 30.3 Å². The van der Waals surface area contributed by atoms with Crippen LogP contribution in [0.25, 0.3) is 0 Å². The van der Waals surface area contributed by atoms with E-state index in [2.05, 4.69) is 10.6 Å². The van der Waals surface area contributed by atoms with Gasteiger partial charge in [-0.2, -0.15) is 0 Å². The van der Waals surface area contributed by atoms with Gasteiger partial charge in [0.25, 0.3) is 0 Å². The van der Waals surface area contributed by atoms with Crippen LogP contribution in [0, 0.1) is 5.92 Å². The maximum absolute atomic E-state index is 12.2. The second kappa shape index (κ2) is 8.89. The third-order valence-electron chi connectivity index (χ3n) is 4.38. The zero-order valence-corrected chi connectivity index (χ0v) is 15.3. The highest BCUT2D eigenvalue weighted by atomic mass is 35.5. The molecule has 1 aliphatic heterocycles. The van der Waals surface area contributed by atoms with Gasteiger partial charge < -0.3 is 16.4 Å². The Bertz CT molecular complexity index is 594. The Morgan fingerprint density at radius 3 is 2.67 bits per heavy atom. The van der Waals surface area contributed by atoms with Crippen molar-refractivity contribution in [2.75, 3.05) is 23.3 Å². The Morgan fingerprint density at radius 2 is 2.04 bits per heavy atom. The molecule has 0 spiro atoms. The quantitative estimate of drug-likeness (QED) is 0.759. The molecule has 24 heavy (non-hydrogen) atoms. The van der Waals surface area contributed by atoms with Crippen LogP contribution in [0.2, 0.25) is 0 Å². The minimum absolute atomic E-state index is 0. The maximum Gasteiger partial charge on any atom is 0.321 e. The number of nitrogens with two attached hydrogens (primary N) is 1. The Kier molecular flexibility index (Phi) is 7.51. The largest absolute Gasteiger partial charge is 0.338 e. The van der Waals surface area contributed by atoms with Gasteiger partial charge in [0.15, 0.2) is 0 Å². The molecule has 7 heteroatoms. The lowest BCUT2D eigenvalue weighted by atomic mass is 9.99. The second-order valence-electron chi connectivity index (χ2n) is 5.98. The molecule has 0 radical (unpaired) electrons. The molecule has 2 rings (SSSR count). The first kappa shape index (κ1) is 20.3. The number of anilines is 2. The van der Waals surface area contributed by atoms with E-state index in [4.69, 9.17) is 5.73 Å². The third-order valence-corrected chi connectivity index (χ3v) is 4.38. The van der Waals surface area contributed by atoms with Gasteiger partial charge in [0.2, 0.25) is 5.91 Å². The van der Waals surface area contributed by atoms with Gasteiger partial charge in [0.05, 0.1) is 11.7 Å². The molecule has 0 saturated carbocycles. The van der Waals surface area contributed by atoms with Crippen molar-refractivity contribution in [3.8, 4) is 0 Å². The zero-order valence-electron chi connectivity index (χ0n) is 14.5. The average molecular weight is 355 g/mol. The smallest absolute Gasteiger partial charge is 0.321 e. The van der Waals surface area contributed by atoms with Crippen molar-refractivity contribution in [3.05, 3.63) is 23.8 Å². The molecule has 2 unspecified atom stereocenters. The molecule has 3 amide bonds. The van der Waals surface area contributed by atoms with Gasteiger partial charge in [-0.1, -0.05) is 26.3 Å². The monoisotopic (exact) mass is 354 g/mol. The molecule has 0 aromatic heterocycles. The van der Waals surface area contributed by atoms with Crippen LogP contribution < -0.4 is 21.3 Å². The summed E-state index contributed by atoms with van der Waals surface area (Å²) in [5.41, 5.74) is 8.59. The van der Waals surface area contributed by atoms with Crippen LogP contribution in [-0.4, -0.2) is 31.1 Å². The summed E-state index contributed by atoms with van der Waals surface area (Å²) in [5, 5.41) is 5.66. The first-order chi connectivity index (χ1) is 11.0. The van der Waals surface area contributed by atoms with Crippen LogP contribution in [0.4, 0.5) is 16.2 Å². The molecule has 1 aromatic rings. The van der Waals surface area contributed by atoms with E-state index in [0.29, 0.717) is 18.8 Å². The highest BCUT2D eigenvalue weighted by Crippen LogP contribution is 2.31. The summed E-state index contributed by atoms with van der Waals surface area (Å²) < 4.78 is 0. The van der Waals surface area contributed by atoms with Crippen LogP contribution in [0.1, 0.15) is 32.8 Å². The minimum atomic E-state index is -0.534. The predicted octanol–water partition coefficient (Wildman–Crippen LogP) is 2.51.